The second-order valence-electron chi connectivity index (χ2n) is 3.60. The summed E-state index contributed by atoms with van der Waals surface area (Å²) in [4.78, 5) is 8.03. The second-order valence-corrected chi connectivity index (χ2v) is 3.60. The lowest BCUT2D eigenvalue weighted by Gasteiger charge is -2.29. The Labute approximate surface area is 78.0 Å². The maximum Gasteiger partial charge on any atom is 0.223 e. The van der Waals surface area contributed by atoms with Gasteiger partial charge in [-0.1, -0.05) is 0 Å². The molecular weight excluding hydrogens is 166 g/mol. The van der Waals surface area contributed by atoms with E-state index in [0.717, 1.165) is 0 Å². The zero-order chi connectivity index (χ0) is 9.90. The fourth-order valence-electron chi connectivity index (χ4n) is 0.756. The zero-order valence-electron chi connectivity index (χ0n) is 8.15. The highest BCUT2D eigenvalue weighted by Gasteiger charge is 2.24. The lowest BCUT2D eigenvalue weighted by molar-refractivity contribution is 0.132. The van der Waals surface area contributed by atoms with Gasteiger partial charge in [0.1, 0.15) is 0 Å². The van der Waals surface area contributed by atoms with Gasteiger partial charge in [-0.05, 0) is 26.8 Å². The number of nitrogens with zero attached hydrogens (tertiary/aromatic N) is 2. The molecule has 0 aliphatic rings. The molecule has 1 heterocycles. The van der Waals surface area contributed by atoms with Crippen LogP contribution in [-0.2, 0) is 0 Å². The highest BCUT2D eigenvalue weighted by atomic mass is 16.3. The highest BCUT2D eigenvalue weighted by molar-refractivity contribution is 5.27. The van der Waals surface area contributed by atoms with Crippen LogP contribution in [0.1, 0.15) is 20.8 Å². The quantitative estimate of drug-likeness (QED) is 0.731. The molecule has 0 aliphatic heterocycles. The predicted molar refractivity (Wildman–Crippen MR) is 51.4 cm³/mol. The monoisotopic (exact) mass is 181 g/mol. The highest BCUT2D eigenvalue weighted by Crippen LogP contribution is 2.13. The molecule has 1 aromatic rings. The van der Waals surface area contributed by atoms with E-state index in [0.29, 0.717) is 5.95 Å². The predicted octanol–water partition coefficient (Wildman–Crippen LogP) is 1.05. The number of aromatic nitrogens is 2. The molecule has 0 fully saturated rings. The summed E-state index contributed by atoms with van der Waals surface area (Å²) >= 11 is 0. The average molecular weight is 181 g/mol. The Morgan fingerprint density at radius 1 is 1.38 bits per heavy atom. The summed E-state index contributed by atoms with van der Waals surface area (Å²) in [5, 5.41) is 12.5. The van der Waals surface area contributed by atoms with Gasteiger partial charge in [0.15, 0.2) is 0 Å². The van der Waals surface area contributed by atoms with Crippen LogP contribution in [0.4, 0.5) is 5.95 Å². The molecule has 1 rings (SSSR count). The third kappa shape index (κ3) is 2.66. The molecule has 13 heavy (non-hydrogen) atoms. The van der Waals surface area contributed by atoms with Gasteiger partial charge >= 0.3 is 0 Å². The third-order valence-electron chi connectivity index (χ3n) is 2.04. The van der Waals surface area contributed by atoms with E-state index in [-0.39, 0.29) is 0 Å². The Morgan fingerprint density at radius 2 is 1.92 bits per heavy atom. The first kappa shape index (κ1) is 9.92. The summed E-state index contributed by atoms with van der Waals surface area (Å²) in [5.41, 5.74) is -0.415. The summed E-state index contributed by atoms with van der Waals surface area (Å²) in [6.45, 7) is 5.53. The van der Waals surface area contributed by atoms with Crippen molar-refractivity contribution in [2.24, 2.45) is 0 Å². The molecule has 0 radical (unpaired) electrons. The van der Waals surface area contributed by atoms with Crippen LogP contribution < -0.4 is 5.32 Å². The Kier molecular flexibility index (Phi) is 2.83. The summed E-state index contributed by atoms with van der Waals surface area (Å²) in [6, 6.07) is 1.75. The number of aliphatic hydroxyl groups is 1. The van der Waals surface area contributed by atoms with Crippen LogP contribution in [0.2, 0.25) is 0 Å². The van der Waals surface area contributed by atoms with Crippen molar-refractivity contribution in [2.45, 2.75) is 32.4 Å². The molecule has 2 N–H and O–H groups in total. The lowest BCUT2D eigenvalue weighted by atomic mass is 9.99. The molecule has 4 heteroatoms. The first-order chi connectivity index (χ1) is 6.02. The van der Waals surface area contributed by atoms with Gasteiger partial charge in [-0.3, -0.25) is 0 Å². The Balaban J connectivity index is 2.69. The number of aliphatic hydroxyl groups excluding tert-OH is 1. The van der Waals surface area contributed by atoms with Gasteiger partial charge in [-0.15, -0.1) is 0 Å². The van der Waals surface area contributed by atoms with Crippen molar-refractivity contribution < 1.29 is 5.11 Å². The number of hydrogen-bond acceptors (Lipinski definition) is 4. The maximum atomic E-state index is 9.42. The van der Waals surface area contributed by atoms with Crippen LogP contribution >= 0.6 is 0 Å². The van der Waals surface area contributed by atoms with Gasteiger partial charge in [0.2, 0.25) is 5.95 Å². The van der Waals surface area contributed by atoms with Crippen molar-refractivity contribution in [2.75, 3.05) is 5.32 Å². The van der Waals surface area contributed by atoms with Gasteiger partial charge in [0.25, 0.3) is 0 Å². The SMILES string of the molecule is CC(O)C(C)(C)Nc1ncccn1. The van der Waals surface area contributed by atoms with Crippen LogP contribution in [-0.4, -0.2) is 26.7 Å². The smallest absolute Gasteiger partial charge is 0.223 e. The van der Waals surface area contributed by atoms with Gasteiger partial charge in [-0.25, -0.2) is 9.97 Å². The molecule has 0 spiro atoms. The minimum absolute atomic E-state index is 0.415. The molecule has 1 aromatic heterocycles. The molecule has 72 valence electrons. The lowest BCUT2D eigenvalue weighted by Crippen LogP contribution is -2.42. The molecule has 1 unspecified atom stereocenters. The van der Waals surface area contributed by atoms with E-state index in [4.69, 9.17) is 0 Å². The van der Waals surface area contributed by atoms with Crippen LogP contribution in [0.3, 0.4) is 0 Å². The van der Waals surface area contributed by atoms with Gasteiger partial charge in [0.05, 0.1) is 11.6 Å². The zero-order valence-corrected chi connectivity index (χ0v) is 8.15. The Bertz CT molecular complexity index is 259. The molecule has 0 aromatic carbocycles. The van der Waals surface area contributed by atoms with Gasteiger partial charge in [0, 0.05) is 12.4 Å². The molecule has 0 saturated carbocycles. The summed E-state index contributed by atoms with van der Waals surface area (Å²) in [5.74, 6) is 0.536. The fourth-order valence-corrected chi connectivity index (χ4v) is 0.756. The van der Waals surface area contributed by atoms with Crippen molar-refractivity contribution in [1.29, 1.82) is 0 Å². The van der Waals surface area contributed by atoms with E-state index in [9.17, 15) is 5.11 Å². The van der Waals surface area contributed by atoms with E-state index < -0.39 is 11.6 Å². The largest absolute Gasteiger partial charge is 0.391 e. The normalized spacial score (nSPS) is 13.8. The van der Waals surface area contributed by atoms with Crippen molar-refractivity contribution in [3.63, 3.8) is 0 Å². The van der Waals surface area contributed by atoms with Gasteiger partial charge < -0.3 is 10.4 Å². The van der Waals surface area contributed by atoms with Crippen molar-refractivity contribution in [1.82, 2.24) is 9.97 Å². The second kappa shape index (κ2) is 3.70. The van der Waals surface area contributed by atoms with E-state index in [1.165, 1.54) is 0 Å². The first-order valence-corrected chi connectivity index (χ1v) is 4.25. The Hall–Kier alpha value is -1.16. The van der Waals surface area contributed by atoms with Crippen molar-refractivity contribution in [3.05, 3.63) is 18.5 Å². The summed E-state index contributed by atoms with van der Waals surface area (Å²) in [7, 11) is 0. The fraction of sp³-hybridized carbons (Fsp3) is 0.556. The minimum Gasteiger partial charge on any atom is -0.391 e. The van der Waals surface area contributed by atoms with E-state index in [1.54, 1.807) is 25.4 Å². The summed E-state index contributed by atoms with van der Waals surface area (Å²) in [6.07, 6.45) is 2.86. The molecule has 0 saturated heterocycles. The number of anilines is 1. The number of rotatable bonds is 3. The molecule has 1 atom stereocenters. The van der Waals surface area contributed by atoms with Crippen LogP contribution in [0.25, 0.3) is 0 Å². The Morgan fingerprint density at radius 3 is 2.38 bits per heavy atom. The minimum atomic E-state index is -0.462. The van der Waals surface area contributed by atoms with E-state index in [2.05, 4.69) is 15.3 Å². The molecule has 0 bridgehead atoms. The maximum absolute atomic E-state index is 9.42. The van der Waals surface area contributed by atoms with Crippen LogP contribution in [0.15, 0.2) is 18.5 Å². The first-order valence-electron chi connectivity index (χ1n) is 4.25. The summed E-state index contributed by atoms with van der Waals surface area (Å²) < 4.78 is 0. The van der Waals surface area contributed by atoms with E-state index in [1.807, 2.05) is 13.8 Å². The van der Waals surface area contributed by atoms with Crippen molar-refractivity contribution >= 4 is 5.95 Å². The van der Waals surface area contributed by atoms with E-state index >= 15 is 0 Å². The van der Waals surface area contributed by atoms with Crippen molar-refractivity contribution in [3.8, 4) is 0 Å². The molecule has 0 amide bonds. The number of hydrogen-bond donors (Lipinski definition) is 2. The number of nitrogens with one attached hydrogen (secondary N) is 1. The van der Waals surface area contributed by atoms with Crippen LogP contribution in [0, 0.1) is 0 Å². The van der Waals surface area contributed by atoms with Crippen LogP contribution in [0.5, 0.6) is 0 Å². The van der Waals surface area contributed by atoms with Gasteiger partial charge in [-0.2, -0.15) is 0 Å². The molecule has 0 aliphatic carbocycles. The third-order valence-corrected chi connectivity index (χ3v) is 2.04. The molecular formula is C9H15N3O. The average Bonchev–Trinajstić information content (AvgIpc) is 2.05. The molecule has 4 nitrogen and oxygen atoms in total. The standard InChI is InChI=1S/C9H15N3O/c1-7(13)9(2,3)12-8-10-5-4-6-11-8/h4-7,13H,1-3H3,(H,10,11,12). The topological polar surface area (TPSA) is 58.0 Å².